The molecule has 0 saturated carbocycles. The Labute approximate surface area is 179 Å². The van der Waals surface area contributed by atoms with Crippen molar-refractivity contribution in [3.63, 3.8) is 0 Å². The first kappa shape index (κ1) is 20.9. The van der Waals surface area contributed by atoms with Crippen molar-refractivity contribution >= 4 is 39.7 Å². The van der Waals surface area contributed by atoms with Crippen LogP contribution in [0.5, 0.6) is 0 Å². The van der Waals surface area contributed by atoms with E-state index in [1.54, 1.807) is 36.4 Å². The van der Waals surface area contributed by atoms with E-state index >= 15 is 0 Å². The summed E-state index contributed by atoms with van der Waals surface area (Å²) in [7, 11) is 0. The summed E-state index contributed by atoms with van der Waals surface area (Å²) < 4.78 is 38.6. The maximum atomic E-state index is 12.9. The number of fused-ring (bicyclic) bond motifs is 1. The third kappa shape index (κ3) is 4.11. The largest absolute Gasteiger partial charge is 0.443 e. The summed E-state index contributed by atoms with van der Waals surface area (Å²) in [6, 6.07) is 4.89. The molecule has 2 amide bonds. The van der Waals surface area contributed by atoms with Crippen LogP contribution in [0, 0.1) is 0 Å². The molecule has 0 bridgehead atoms. The molecule has 0 unspecified atom stereocenters. The number of nitrogens with zero attached hydrogens (tertiary/aromatic N) is 3. The fourth-order valence-corrected chi connectivity index (χ4v) is 4.17. The number of allylic oxidation sites excluding steroid dienone is 3. The van der Waals surface area contributed by atoms with Gasteiger partial charge in [-0.25, -0.2) is 14.8 Å². The predicted molar refractivity (Wildman–Crippen MR) is 115 cm³/mol. The molecule has 160 valence electrons. The number of halogens is 3. The molecule has 1 atom stereocenters. The summed E-state index contributed by atoms with van der Waals surface area (Å²) >= 11 is 0.584. The number of aromatic amines is 1. The van der Waals surface area contributed by atoms with Gasteiger partial charge in [-0.3, -0.25) is 4.90 Å². The maximum absolute atomic E-state index is 12.9. The Bertz CT molecular complexity index is 1210. The normalized spacial score (nSPS) is 17.7. The highest BCUT2D eigenvalue weighted by molar-refractivity contribution is 7.12. The number of carbonyl (C=O) groups is 1. The third-order valence-corrected chi connectivity index (χ3v) is 6.00. The van der Waals surface area contributed by atoms with E-state index < -0.39 is 11.2 Å². The first-order valence-electron chi connectivity index (χ1n) is 9.34. The molecule has 31 heavy (non-hydrogen) atoms. The third-order valence-electron chi connectivity index (χ3n) is 4.91. The second-order valence-corrected chi connectivity index (χ2v) is 7.89. The van der Waals surface area contributed by atoms with Crippen LogP contribution in [-0.4, -0.2) is 33.6 Å². The lowest BCUT2D eigenvalue weighted by molar-refractivity contribution is -0.137. The first-order chi connectivity index (χ1) is 14.8. The smallest absolute Gasteiger partial charge is 0.345 e. The van der Waals surface area contributed by atoms with Crippen LogP contribution in [0.4, 0.5) is 23.7 Å². The van der Waals surface area contributed by atoms with Crippen molar-refractivity contribution in [2.24, 2.45) is 0 Å². The van der Waals surface area contributed by atoms with Gasteiger partial charge in [-0.05, 0) is 36.3 Å². The minimum Gasteiger partial charge on any atom is -0.345 e. The van der Waals surface area contributed by atoms with Crippen molar-refractivity contribution in [2.75, 3.05) is 11.4 Å². The number of hydrogen-bond donors (Lipinski definition) is 2. The summed E-state index contributed by atoms with van der Waals surface area (Å²) in [6.45, 7) is 6.18. The number of nitrogens with one attached hydrogen (secondary N) is 2. The SMILES string of the molecule is C=C(/C=C\C(=C/C)c1cnc(C(F)(F)F)s1)[C@H]1CNC(=O)N1c1ccc2[nH]cnc2c1. The van der Waals surface area contributed by atoms with Crippen LogP contribution in [0.2, 0.25) is 0 Å². The van der Waals surface area contributed by atoms with Crippen LogP contribution >= 0.6 is 11.3 Å². The Balaban J connectivity index is 1.55. The Morgan fingerprint density at radius 1 is 1.32 bits per heavy atom. The Morgan fingerprint density at radius 2 is 2.13 bits per heavy atom. The number of hydrogen-bond acceptors (Lipinski definition) is 4. The number of imidazole rings is 1. The summed E-state index contributed by atoms with van der Waals surface area (Å²) in [5.74, 6) is 0. The average molecular weight is 445 g/mol. The van der Waals surface area contributed by atoms with Gasteiger partial charge in [0.15, 0.2) is 5.01 Å². The molecule has 0 radical (unpaired) electrons. The number of aromatic nitrogens is 3. The van der Waals surface area contributed by atoms with E-state index in [1.165, 1.54) is 6.20 Å². The van der Waals surface area contributed by atoms with Crippen LogP contribution in [0.3, 0.4) is 0 Å². The van der Waals surface area contributed by atoms with Gasteiger partial charge < -0.3 is 10.3 Å². The Kier molecular flexibility index (Phi) is 5.40. The van der Waals surface area contributed by atoms with Gasteiger partial charge in [0.05, 0.1) is 28.3 Å². The topological polar surface area (TPSA) is 73.9 Å². The van der Waals surface area contributed by atoms with Crippen LogP contribution < -0.4 is 10.2 Å². The molecule has 1 saturated heterocycles. The highest BCUT2D eigenvalue weighted by Crippen LogP contribution is 2.35. The van der Waals surface area contributed by atoms with Crippen LogP contribution in [-0.2, 0) is 6.18 Å². The van der Waals surface area contributed by atoms with E-state index in [9.17, 15) is 18.0 Å². The van der Waals surface area contributed by atoms with E-state index in [-0.39, 0.29) is 12.1 Å². The van der Waals surface area contributed by atoms with E-state index in [4.69, 9.17) is 0 Å². The van der Waals surface area contributed by atoms with Crippen LogP contribution in [0.1, 0.15) is 16.8 Å². The first-order valence-corrected chi connectivity index (χ1v) is 10.2. The predicted octanol–water partition coefficient (Wildman–Crippen LogP) is 5.15. The summed E-state index contributed by atoms with van der Waals surface area (Å²) in [5.41, 5.74) is 3.51. The van der Waals surface area contributed by atoms with Gasteiger partial charge >= 0.3 is 12.2 Å². The van der Waals surface area contributed by atoms with E-state index in [1.807, 2.05) is 18.2 Å². The number of urea groups is 1. The number of rotatable bonds is 5. The number of anilines is 1. The molecule has 10 heteroatoms. The van der Waals surface area contributed by atoms with E-state index in [0.29, 0.717) is 39.6 Å². The minimum absolute atomic E-state index is 0.252. The molecule has 6 nitrogen and oxygen atoms in total. The molecule has 2 N–H and O–H groups in total. The molecule has 0 aliphatic carbocycles. The summed E-state index contributed by atoms with van der Waals surface area (Å²) in [6.07, 6.45) is 3.43. The van der Waals surface area contributed by atoms with Crippen molar-refractivity contribution in [1.29, 1.82) is 0 Å². The van der Waals surface area contributed by atoms with Crippen LogP contribution in [0.15, 0.2) is 61.1 Å². The van der Waals surface area contributed by atoms with Crippen molar-refractivity contribution in [3.05, 3.63) is 71.0 Å². The standard InChI is InChI=1S/C21H18F3N5OS/c1-3-13(18-10-25-19(31-18)21(22,23)24)5-4-12(2)17-9-26-20(30)29(17)14-6-7-15-16(8-14)28-11-27-15/h3-8,10-11,17H,2,9H2,1H3,(H,26,30)(H,27,28)/b5-4-,13-3+/t17-/m1/s1. The van der Waals surface area contributed by atoms with E-state index in [0.717, 1.165) is 11.0 Å². The molecule has 1 aliphatic rings. The van der Waals surface area contributed by atoms with Gasteiger partial charge in [0.25, 0.3) is 0 Å². The number of carbonyl (C=O) groups excluding carboxylic acids is 1. The summed E-state index contributed by atoms with van der Waals surface area (Å²) in [4.78, 5) is 25.2. The van der Waals surface area contributed by atoms with Crippen molar-refractivity contribution in [3.8, 4) is 0 Å². The van der Waals surface area contributed by atoms with Gasteiger partial charge in [-0.15, -0.1) is 11.3 Å². The quantitative estimate of drug-likeness (QED) is 0.534. The second kappa shape index (κ2) is 8.03. The zero-order chi connectivity index (χ0) is 22.2. The van der Waals surface area contributed by atoms with Gasteiger partial charge in [0, 0.05) is 18.4 Å². The van der Waals surface area contributed by atoms with Crippen LogP contribution in [0.25, 0.3) is 16.6 Å². The van der Waals surface area contributed by atoms with Gasteiger partial charge in [-0.1, -0.05) is 24.8 Å². The van der Waals surface area contributed by atoms with Crippen molar-refractivity contribution in [1.82, 2.24) is 20.3 Å². The van der Waals surface area contributed by atoms with E-state index in [2.05, 4.69) is 26.8 Å². The van der Waals surface area contributed by atoms with Crippen molar-refractivity contribution in [2.45, 2.75) is 19.1 Å². The maximum Gasteiger partial charge on any atom is 0.443 e. The molecule has 1 aliphatic heterocycles. The highest BCUT2D eigenvalue weighted by atomic mass is 32.1. The molecule has 4 rings (SSSR count). The van der Waals surface area contributed by atoms with Gasteiger partial charge in [0.2, 0.25) is 0 Å². The second-order valence-electron chi connectivity index (χ2n) is 6.86. The Morgan fingerprint density at radius 3 is 2.84 bits per heavy atom. The number of benzene rings is 1. The average Bonchev–Trinajstić information content (AvgIpc) is 3.46. The molecule has 0 spiro atoms. The number of H-pyrrole nitrogens is 1. The molecular weight excluding hydrogens is 427 g/mol. The molecule has 3 heterocycles. The fraction of sp³-hybridized carbons (Fsp3) is 0.190. The minimum atomic E-state index is -4.47. The molecular formula is C21H18F3N5OS. The fourth-order valence-electron chi connectivity index (χ4n) is 3.33. The zero-order valence-electron chi connectivity index (χ0n) is 16.4. The monoisotopic (exact) mass is 445 g/mol. The molecule has 3 aromatic rings. The molecule has 1 fully saturated rings. The Hall–Kier alpha value is -3.40. The number of alkyl halides is 3. The molecule has 2 aromatic heterocycles. The zero-order valence-corrected chi connectivity index (χ0v) is 17.2. The number of amides is 2. The van der Waals surface area contributed by atoms with Gasteiger partial charge in [0.1, 0.15) is 0 Å². The van der Waals surface area contributed by atoms with Crippen molar-refractivity contribution < 1.29 is 18.0 Å². The number of thiazole rings is 1. The van der Waals surface area contributed by atoms with Gasteiger partial charge in [-0.2, -0.15) is 13.2 Å². The molecule has 1 aromatic carbocycles. The summed E-state index contributed by atoms with van der Waals surface area (Å²) in [5, 5.41) is 1.92. The lowest BCUT2D eigenvalue weighted by atomic mass is 10.1. The lowest BCUT2D eigenvalue weighted by Crippen LogP contribution is -2.34. The lowest BCUT2D eigenvalue weighted by Gasteiger charge is -2.23. The highest BCUT2D eigenvalue weighted by Gasteiger charge is 2.35.